The van der Waals surface area contributed by atoms with Gasteiger partial charge >= 0.3 is 0 Å². The van der Waals surface area contributed by atoms with Crippen molar-refractivity contribution >= 4 is 35.0 Å². The molecule has 36 heavy (non-hydrogen) atoms. The van der Waals surface area contributed by atoms with E-state index in [4.69, 9.17) is 4.74 Å². The number of likely N-dealkylation sites (N-methyl/N-ethyl adjacent to an activating group) is 1. The van der Waals surface area contributed by atoms with Crippen molar-refractivity contribution in [3.63, 3.8) is 0 Å². The molecule has 10 heteroatoms. The lowest BCUT2D eigenvalue weighted by atomic mass is 10.1. The average Bonchev–Trinajstić information content (AvgIpc) is 3.66. The summed E-state index contributed by atoms with van der Waals surface area (Å²) in [5.41, 5.74) is 4.21. The second-order valence-electron chi connectivity index (χ2n) is 9.35. The fourth-order valence-electron chi connectivity index (χ4n) is 5.04. The molecule has 2 amide bonds. The predicted molar refractivity (Wildman–Crippen MR) is 138 cm³/mol. The Morgan fingerprint density at radius 1 is 1.22 bits per heavy atom. The van der Waals surface area contributed by atoms with Crippen molar-refractivity contribution in [1.82, 2.24) is 20.1 Å². The molecule has 1 saturated heterocycles. The number of para-hydroxylation sites is 1. The van der Waals surface area contributed by atoms with E-state index in [1.165, 1.54) is 24.7 Å². The Hall–Kier alpha value is -3.53. The van der Waals surface area contributed by atoms with Gasteiger partial charge in [-0.2, -0.15) is 0 Å². The highest BCUT2D eigenvalue weighted by Gasteiger charge is 2.31. The van der Waals surface area contributed by atoms with Gasteiger partial charge in [-0.25, -0.2) is 9.67 Å². The Balaban J connectivity index is 1.14. The van der Waals surface area contributed by atoms with E-state index in [1.54, 1.807) is 28.4 Å². The van der Waals surface area contributed by atoms with Crippen LogP contribution >= 0.6 is 11.8 Å². The first-order valence-corrected chi connectivity index (χ1v) is 13.3. The lowest BCUT2D eigenvalue weighted by molar-refractivity contribution is -0.119. The third-order valence-electron chi connectivity index (χ3n) is 6.98. The number of thioether (sulfide) groups is 1. The number of hydrogen-bond acceptors (Lipinski definition) is 7. The Bertz CT molecular complexity index is 1320. The van der Waals surface area contributed by atoms with Crippen molar-refractivity contribution in [3.05, 3.63) is 59.7 Å². The Labute approximate surface area is 213 Å². The van der Waals surface area contributed by atoms with E-state index < -0.39 is 11.9 Å². The van der Waals surface area contributed by atoms with E-state index in [-0.39, 0.29) is 11.7 Å². The van der Waals surface area contributed by atoms with Crippen LogP contribution in [0.25, 0.3) is 0 Å². The van der Waals surface area contributed by atoms with Gasteiger partial charge in [0.15, 0.2) is 0 Å². The van der Waals surface area contributed by atoms with E-state index in [2.05, 4.69) is 44.6 Å². The minimum Gasteiger partial charge on any atom is -0.493 e. The summed E-state index contributed by atoms with van der Waals surface area (Å²) in [5.74, 6) is 0.778. The number of aromatic nitrogens is 3. The Kier molecular flexibility index (Phi) is 6.04. The topological polar surface area (TPSA) is 92.6 Å². The molecule has 3 aromatic rings. The maximum absolute atomic E-state index is 13.3. The molecule has 9 nitrogen and oxygen atoms in total. The van der Waals surface area contributed by atoms with Crippen molar-refractivity contribution in [2.45, 2.75) is 36.7 Å². The number of carbonyl (C=O) groups is 2. The van der Waals surface area contributed by atoms with Crippen LogP contribution in [0.1, 0.15) is 34.6 Å². The average molecular weight is 505 g/mol. The van der Waals surface area contributed by atoms with Gasteiger partial charge in [0.05, 0.1) is 18.8 Å². The number of hydrogen-bond donors (Lipinski definition) is 1. The van der Waals surface area contributed by atoms with E-state index in [1.807, 2.05) is 12.1 Å². The highest BCUT2D eigenvalue weighted by atomic mass is 32.2. The number of fused-ring (bicyclic) bond motifs is 2. The second kappa shape index (κ2) is 9.50. The largest absolute Gasteiger partial charge is 0.493 e. The molecule has 4 heterocycles. The molecule has 0 spiro atoms. The van der Waals surface area contributed by atoms with Crippen molar-refractivity contribution < 1.29 is 14.3 Å². The van der Waals surface area contributed by atoms with Crippen LogP contribution in [0.15, 0.2) is 47.6 Å². The summed E-state index contributed by atoms with van der Waals surface area (Å²) in [4.78, 5) is 35.5. The molecule has 3 aliphatic rings. The van der Waals surface area contributed by atoms with Crippen molar-refractivity contribution in [1.29, 1.82) is 0 Å². The van der Waals surface area contributed by atoms with Gasteiger partial charge in [-0.1, -0.05) is 18.2 Å². The summed E-state index contributed by atoms with van der Waals surface area (Å²) in [5, 5.41) is 7.21. The number of rotatable bonds is 5. The molecule has 0 saturated carbocycles. The first-order chi connectivity index (χ1) is 17.6. The summed E-state index contributed by atoms with van der Waals surface area (Å²) < 4.78 is 7.39. The van der Waals surface area contributed by atoms with Crippen LogP contribution in [0.5, 0.6) is 5.75 Å². The number of amides is 2. The molecule has 1 fully saturated rings. The molecule has 0 bridgehead atoms. The standard InChI is InChI=1S/C26H28N6O3S/c1-30-21-13-19(31-10-2-3-11-31)7-8-22(21)36-15-20(26(30)34)28-25(33)24-27-16-32(29-24)14-18-6-4-5-17-9-12-35-23(17)18/h4-8,13,16,20H,2-3,9-12,14-15H2,1H3,(H,28,33)/t20-/m0/s1. The summed E-state index contributed by atoms with van der Waals surface area (Å²) in [6, 6.07) is 11.7. The molecular weight excluding hydrogens is 476 g/mol. The van der Waals surface area contributed by atoms with Crippen LogP contribution in [-0.4, -0.2) is 65.1 Å². The molecule has 1 aromatic heterocycles. The van der Waals surface area contributed by atoms with Gasteiger partial charge in [-0.3, -0.25) is 9.59 Å². The minimum atomic E-state index is -0.673. The third kappa shape index (κ3) is 4.30. The number of ether oxygens (including phenoxy) is 1. The lowest BCUT2D eigenvalue weighted by Gasteiger charge is -2.24. The molecule has 2 aromatic carbocycles. The summed E-state index contributed by atoms with van der Waals surface area (Å²) in [6.07, 6.45) is 4.83. The van der Waals surface area contributed by atoms with Crippen LogP contribution < -0.4 is 19.9 Å². The normalized spacial score (nSPS) is 19.0. The van der Waals surface area contributed by atoms with Gasteiger partial charge in [0.1, 0.15) is 18.1 Å². The fourth-order valence-corrected chi connectivity index (χ4v) is 6.12. The highest BCUT2D eigenvalue weighted by Crippen LogP contribution is 2.37. The first kappa shape index (κ1) is 22.9. The van der Waals surface area contributed by atoms with Gasteiger partial charge in [-0.15, -0.1) is 16.9 Å². The van der Waals surface area contributed by atoms with Crippen LogP contribution in [0.3, 0.4) is 0 Å². The highest BCUT2D eigenvalue weighted by molar-refractivity contribution is 7.99. The minimum absolute atomic E-state index is 0.0435. The van der Waals surface area contributed by atoms with Crippen LogP contribution in [0.4, 0.5) is 11.4 Å². The zero-order chi connectivity index (χ0) is 24.6. The number of carbonyl (C=O) groups excluding carboxylic acids is 2. The SMILES string of the molecule is CN1C(=O)[C@@H](NC(=O)c2ncn(Cc3cccc4c3OCC4)n2)CSc2ccc(N3CCCC3)cc21. The zero-order valence-corrected chi connectivity index (χ0v) is 21.0. The second-order valence-corrected chi connectivity index (χ2v) is 10.4. The maximum atomic E-state index is 13.3. The molecule has 3 aliphatic heterocycles. The number of anilines is 2. The molecule has 6 rings (SSSR count). The zero-order valence-electron chi connectivity index (χ0n) is 20.1. The molecular formula is C26H28N6O3S. The van der Waals surface area contributed by atoms with Gasteiger partial charge in [0.25, 0.3) is 5.91 Å². The molecule has 1 N–H and O–H groups in total. The number of nitrogens with zero attached hydrogens (tertiary/aromatic N) is 5. The van der Waals surface area contributed by atoms with E-state index in [9.17, 15) is 9.59 Å². The van der Waals surface area contributed by atoms with E-state index in [0.717, 1.165) is 47.1 Å². The van der Waals surface area contributed by atoms with Gasteiger partial charge in [-0.05, 0) is 36.6 Å². The van der Waals surface area contributed by atoms with Gasteiger partial charge in [0.2, 0.25) is 11.7 Å². The summed E-state index contributed by atoms with van der Waals surface area (Å²) in [7, 11) is 1.77. The van der Waals surface area contributed by atoms with Crippen LogP contribution in [0.2, 0.25) is 0 Å². The molecule has 0 unspecified atom stereocenters. The summed E-state index contributed by atoms with van der Waals surface area (Å²) in [6.45, 7) is 3.23. The summed E-state index contributed by atoms with van der Waals surface area (Å²) >= 11 is 1.58. The van der Waals surface area contributed by atoms with Crippen molar-refractivity contribution in [2.24, 2.45) is 0 Å². The van der Waals surface area contributed by atoms with Crippen LogP contribution in [0, 0.1) is 0 Å². The van der Waals surface area contributed by atoms with E-state index >= 15 is 0 Å². The van der Waals surface area contributed by atoms with Crippen molar-refractivity contribution in [3.8, 4) is 5.75 Å². The molecule has 0 radical (unpaired) electrons. The monoisotopic (exact) mass is 504 g/mol. The van der Waals surface area contributed by atoms with Gasteiger partial charge in [0, 0.05) is 48.5 Å². The third-order valence-corrected chi connectivity index (χ3v) is 8.14. The fraction of sp³-hybridized carbons (Fsp3) is 0.385. The van der Waals surface area contributed by atoms with Gasteiger partial charge < -0.3 is 19.9 Å². The Morgan fingerprint density at radius 2 is 2.08 bits per heavy atom. The molecule has 186 valence electrons. The lowest BCUT2D eigenvalue weighted by Crippen LogP contribution is -2.48. The first-order valence-electron chi connectivity index (χ1n) is 12.3. The van der Waals surface area contributed by atoms with Crippen LogP contribution in [-0.2, 0) is 17.8 Å². The Morgan fingerprint density at radius 3 is 2.94 bits per heavy atom. The molecule has 1 atom stereocenters. The smallest absolute Gasteiger partial charge is 0.291 e. The molecule has 0 aliphatic carbocycles. The maximum Gasteiger partial charge on any atom is 0.291 e. The van der Waals surface area contributed by atoms with E-state index in [0.29, 0.717) is 18.9 Å². The number of nitrogens with one attached hydrogen (secondary N) is 1. The predicted octanol–water partition coefficient (Wildman–Crippen LogP) is 2.73. The number of benzene rings is 2. The quantitative estimate of drug-likeness (QED) is 0.571. The van der Waals surface area contributed by atoms with Crippen molar-refractivity contribution in [2.75, 3.05) is 42.3 Å².